The van der Waals surface area contributed by atoms with Crippen LogP contribution in [-0.4, -0.2) is 35.4 Å². The summed E-state index contributed by atoms with van der Waals surface area (Å²) in [6, 6.07) is 13.2. The van der Waals surface area contributed by atoms with E-state index in [-0.39, 0.29) is 16.9 Å². The lowest BCUT2D eigenvalue weighted by Gasteiger charge is -2.08. The smallest absolute Gasteiger partial charge is 0.341 e. The number of carboxylic acid groups (broad SMARTS) is 1. The molecule has 6 nitrogen and oxygen atoms in total. The first-order valence-electron chi connectivity index (χ1n) is 13.4. The molecule has 0 saturated carbocycles. The first-order chi connectivity index (χ1) is 17.5. The average Bonchev–Trinajstić information content (AvgIpc) is 2.88. The fourth-order valence-electron chi connectivity index (χ4n) is 3.60. The number of carbonyl (C=O) groups is 2. The monoisotopic (exact) mass is 500 g/mol. The van der Waals surface area contributed by atoms with Crippen LogP contribution in [0.25, 0.3) is 0 Å². The Labute approximate surface area is 216 Å². The molecule has 6 heteroatoms. The Hall–Kier alpha value is -3.02. The number of phenolic OH excluding ortho intramolecular Hbond substituents is 1. The van der Waals surface area contributed by atoms with Gasteiger partial charge in [0, 0.05) is 0 Å². The molecule has 0 amide bonds. The molecule has 0 bridgehead atoms. The second-order valence-corrected chi connectivity index (χ2v) is 8.84. The summed E-state index contributed by atoms with van der Waals surface area (Å²) in [5, 5.41) is 18.5. The first-order valence-corrected chi connectivity index (χ1v) is 13.4. The first kappa shape index (κ1) is 31.0. The lowest BCUT2D eigenvalue weighted by Crippen LogP contribution is -2.06. The van der Waals surface area contributed by atoms with E-state index in [4.69, 9.17) is 14.6 Å². The van der Waals surface area contributed by atoms with Crippen LogP contribution in [0.15, 0.2) is 48.5 Å². The molecule has 0 spiro atoms. The van der Waals surface area contributed by atoms with Crippen molar-refractivity contribution in [3.8, 4) is 11.5 Å². The highest BCUT2D eigenvalue weighted by Gasteiger charge is 2.11. The Morgan fingerprint density at radius 2 is 1.17 bits per heavy atom. The molecule has 0 aromatic heterocycles. The van der Waals surface area contributed by atoms with Crippen molar-refractivity contribution in [3.63, 3.8) is 0 Å². The van der Waals surface area contributed by atoms with Gasteiger partial charge >= 0.3 is 11.9 Å². The van der Waals surface area contributed by atoms with E-state index in [0.717, 1.165) is 25.7 Å². The number of aromatic hydroxyl groups is 1. The summed E-state index contributed by atoms with van der Waals surface area (Å²) in [6.45, 7) is 5.41. The highest BCUT2D eigenvalue weighted by atomic mass is 16.5. The van der Waals surface area contributed by atoms with Crippen molar-refractivity contribution >= 4 is 11.9 Å². The van der Waals surface area contributed by atoms with E-state index in [9.17, 15) is 14.7 Å². The number of phenols is 1. The molecule has 0 fully saturated rings. The van der Waals surface area contributed by atoms with Crippen molar-refractivity contribution < 1.29 is 29.3 Å². The molecule has 36 heavy (non-hydrogen) atoms. The van der Waals surface area contributed by atoms with Crippen molar-refractivity contribution in [2.75, 3.05) is 13.2 Å². The maximum absolute atomic E-state index is 11.6. The average molecular weight is 501 g/mol. The van der Waals surface area contributed by atoms with E-state index in [2.05, 4.69) is 13.8 Å². The summed E-state index contributed by atoms with van der Waals surface area (Å²) in [5.41, 5.74) is 0.479. The van der Waals surface area contributed by atoms with Gasteiger partial charge in [0.2, 0.25) is 0 Å². The summed E-state index contributed by atoms with van der Waals surface area (Å²) in [6.07, 6.45) is 14.1. The number of rotatable bonds is 17. The van der Waals surface area contributed by atoms with Crippen LogP contribution in [-0.2, 0) is 4.74 Å². The van der Waals surface area contributed by atoms with Gasteiger partial charge in [0.05, 0.1) is 13.2 Å². The fourth-order valence-corrected chi connectivity index (χ4v) is 3.60. The van der Waals surface area contributed by atoms with Crippen molar-refractivity contribution in [1.29, 1.82) is 0 Å². The summed E-state index contributed by atoms with van der Waals surface area (Å²) in [5.74, 6) is -0.931. The maximum Gasteiger partial charge on any atom is 0.341 e. The Bertz CT molecular complexity index is 864. The van der Waals surface area contributed by atoms with Crippen LogP contribution < -0.4 is 4.74 Å². The molecule has 0 saturated heterocycles. The molecule has 2 aromatic carbocycles. The van der Waals surface area contributed by atoms with Crippen LogP contribution >= 0.6 is 0 Å². The summed E-state index contributed by atoms with van der Waals surface area (Å²) in [7, 11) is 0. The Morgan fingerprint density at radius 1 is 0.667 bits per heavy atom. The van der Waals surface area contributed by atoms with E-state index in [1.54, 1.807) is 42.5 Å². The number of para-hydroxylation sites is 2. The van der Waals surface area contributed by atoms with Crippen molar-refractivity contribution in [1.82, 2.24) is 0 Å². The van der Waals surface area contributed by atoms with Crippen molar-refractivity contribution in [3.05, 3.63) is 59.7 Å². The highest BCUT2D eigenvalue weighted by Crippen LogP contribution is 2.19. The number of esters is 1. The van der Waals surface area contributed by atoms with Crippen molar-refractivity contribution in [2.45, 2.75) is 90.9 Å². The van der Waals surface area contributed by atoms with Crippen LogP contribution in [0.2, 0.25) is 0 Å². The number of unbranched alkanes of at least 4 members (excludes halogenated alkanes) is 10. The molecule has 2 aromatic rings. The Morgan fingerprint density at radius 3 is 1.75 bits per heavy atom. The number of benzene rings is 2. The number of carbonyl (C=O) groups excluding carboxylic acids is 1. The number of hydrogen-bond acceptors (Lipinski definition) is 5. The van der Waals surface area contributed by atoms with Crippen LogP contribution in [0, 0.1) is 0 Å². The molecule has 0 atom stereocenters. The van der Waals surface area contributed by atoms with Gasteiger partial charge in [-0.05, 0) is 37.1 Å². The van der Waals surface area contributed by atoms with Crippen LogP contribution in [0.3, 0.4) is 0 Å². The van der Waals surface area contributed by atoms with E-state index in [1.807, 2.05) is 0 Å². The van der Waals surface area contributed by atoms with Gasteiger partial charge in [-0.3, -0.25) is 0 Å². The standard InChI is InChI=1S/2C15H22O3/c1-2-3-4-5-6-9-12-18-14-11-8-7-10-13(14)15(16)17;1-2-3-4-5-6-9-12-18-15(17)13-10-7-8-11-14(13)16/h7-8,10-11H,2-6,9,12H2,1H3,(H,16,17);7-8,10-11,16H,2-6,9,12H2,1H3. The van der Waals surface area contributed by atoms with Crippen molar-refractivity contribution in [2.24, 2.45) is 0 Å². The molecule has 2 N–H and O–H groups in total. The lowest BCUT2D eigenvalue weighted by atomic mass is 10.1. The minimum atomic E-state index is -0.937. The zero-order valence-electron chi connectivity index (χ0n) is 22.0. The van der Waals surface area contributed by atoms with Crippen LogP contribution in [0.4, 0.5) is 0 Å². The molecule has 0 radical (unpaired) electrons. The summed E-state index contributed by atoms with van der Waals surface area (Å²) in [4.78, 5) is 22.6. The van der Waals surface area contributed by atoms with E-state index < -0.39 is 11.9 Å². The normalized spacial score (nSPS) is 10.3. The topological polar surface area (TPSA) is 93.1 Å². The van der Waals surface area contributed by atoms with Crippen LogP contribution in [0.5, 0.6) is 11.5 Å². The molecular formula is C30H44O6. The van der Waals surface area contributed by atoms with E-state index in [1.165, 1.54) is 57.4 Å². The minimum absolute atomic E-state index is 0.0227. The minimum Gasteiger partial charge on any atom is -0.507 e. The number of aromatic carboxylic acids is 1. The second-order valence-electron chi connectivity index (χ2n) is 8.84. The lowest BCUT2D eigenvalue weighted by molar-refractivity contribution is 0.0494. The summed E-state index contributed by atoms with van der Waals surface area (Å²) < 4.78 is 10.6. The van der Waals surface area contributed by atoms with Gasteiger partial charge in [-0.15, -0.1) is 0 Å². The SMILES string of the molecule is CCCCCCCCOC(=O)c1ccccc1O.CCCCCCCCOc1ccccc1C(=O)O. The van der Waals surface area contributed by atoms with Gasteiger partial charge < -0.3 is 19.7 Å². The molecular weight excluding hydrogens is 456 g/mol. The Kier molecular flexibility index (Phi) is 17.4. The van der Waals surface area contributed by atoms with E-state index in [0.29, 0.717) is 19.0 Å². The number of hydrogen-bond donors (Lipinski definition) is 2. The quantitative estimate of drug-likeness (QED) is 0.169. The Balaban J connectivity index is 0.000000360. The van der Waals surface area contributed by atoms with Gasteiger partial charge in [0.25, 0.3) is 0 Å². The van der Waals surface area contributed by atoms with Gasteiger partial charge in [0.15, 0.2) is 0 Å². The molecule has 0 heterocycles. The van der Waals surface area contributed by atoms with Crippen LogP contribution in [0.1, 0.15) is 112 Å². The second kappa shape index (κ2) is 20.2. The zero-order valence-corrected chi connectivity index (χ0v) is 22.0. The van der Waals surface area contributed by atoms with Gasteiger partial charge in [-0.25, -0.2) is 9.59 Å². The third kappa shape index (κ3) is 13.8. The predicted molar refractivity (Wildman–Crippen MR) is 144 cm³/mol. The molecule has 200 valence electrons. The highest BCUT2D eigenvalue weighted by molar-refractivity contribution is 5.92. The molecule has 2 rings (SSSR count). The molecule has 0 unspecified atom stereocenters. The third-order valence-corrected chi connectivity index (χ3v) is 5.73. The molecule has 0 aliphatic heterocycles. The largest absolute Gasteiger partial charge is 0.507 e. The maximum atomic E-state index is 11.6. The third-order valence-electron chi connectivity index (χ3n) is 5.73. The van der Waals surface area contributed by atoms with E-state index >= 15 is 0 Å². The fraction of sp³-hybridized carbons (Fsp3) is 0.533. The van der Waals surface area contributed by atoms with Gasteiger partial charge in [-0.2, -0.15) is 0 Å². The summed E-state index contributed by atoms with van der Waals surface area (Å²) >= 11 is 0. The number of ether oxygens (including phenoxy) is 2. The zero-order chi connectivity index (χ0) is 26.4. The predicted octanol–water partition coefficient (Wildman–Crippen LogP) is 8.03. The number of carboxylic acids is 1. The molecule has 0 aliphatic rings. The molecule has 0 aliphatic carbocycles. The van der Waals surface area contributed by atoms with Gasteiger partial charge in [-0.1, -0.05) is 102 Å². The van der Waals surface area contributed by atoms with Gasteiger partial charge in [0.1, 0.15) is 22.6 Å².